The molecule has 1 atom stereocenters. The quantitative estimate of drug-likeness (QED) is 0.615. The molecule has 0 saturated carbocycles. The standard InChI is InChI=1S/C9H17NO/c1-4-6-9(11)10-7-8(3)5-2/h4,6,8H,5,7H2,1-3H3,(H,10,11). The van der Waals surface area contributed by atoms with Crippen LogP contribution in [0.3, 0.4) is 0 Å². The monoisotopic (exact) mass is 155 g/mol. The van der Waals surface area contributed by atoms with Gasteiger partial charge in [0.15, 0.2) is 0 Å². The fourth-order valence-corrected chi connectivity index (χ4v) is 0.629. The molecule has 0 aliphatic carbocycles. The average Bonchev–Trinajstić information content (AvgIpc) is 2.01. The van der Waals surface area contributed by atoms with Crippen molar-refractivity contribution in [1.29, 1.82) is 0 Å². The largest absolute Gasteiger partial charge is 0.352 e. The summed E-state index contributed by atoms with van der Waals surface area (Å²) in [6.45, 7) is 6.85. The summed E-state index contributed by atoms with van der Waals surface area (Å²) >= 11 is 0. The molecular formula is C9H17NO. The van der Waals surface area contributed by atoms with Crippen LogP contribution in [0.25, 0.3) is 0 Å². The number of amides is 1. The zero-order valence-electron chi connectivity index (χ0n) is 7.55. The summed E-state index contributed by atoms with van der Waals surface area (Å²) in [4.78, 5) is 10.9. The normalized spacial score (nSPS) is 13.4. The van der Waals surface area contributed by atoms with E-state index in [1.807, 2.05) is 6.92 Å². The van der Waals surface area contributed by atoms with Crippen molar-refractivity contribution in [3.05, 3.63) is 12.2 Å². The average molecular weight is 155 g/mol. The van der Waals surface area contributed by atoms with E-state index in [0.717, 1.165) is 13.0 Å². The molecule has 1 N–H and O–H groups in total. The Kier molecular flexibility index (Phi) is 5.53. The van der Waals surface area contributed by atoms with Crippen LogP contribution in [0.1, 0.15) is 27.2 Å². The molecule has 0 heterocycles. The molecule has 0 aromatic heterocycles. The van der Waals surface area contributed by atoms with E-state index in [4.69, 9.17) is 0 Å². The number of carbonyl (C=O) groups is 1. The van der Waals surface area contributed by atoms with Crippen LogP contribution in [-0.2, 0) is 4.79 Å². The van der Waals surface area contributed by atoms with E-state index in [2.05, 4.69) is 19.2 Å². The van der Waals surface area contributed by atoms with Gasteiger partial charge < -0.3 is 5.32 Å². The van der Waals surface area contributed by atoms with Crippen LogP contribution in [0.15, 0.2) is 12.2 Å². The molecule has 1 amide bonds. The molecule has 11 heavy (non-hydrogen) atoms. The fraction of sp³-hybridized carbons (Fsp3) is 0.667. The molecule has 0 fully saturated rings. The minimum atomic E-state index is 0.00722. The zero-order chi connectivity index (χ0) is 8.69. The van der Waals surface area contributed by atoms with Gasteiger partial charge in [-0.15, -0.1) is 0 Å². The van der Waals surface area contributed by atoms with Gasteiger partial charge >= 0.3 is 0 Å². The van der Waals surface area contributed by atoms with Gasteiger partial charge in [0.2, 0.25) is 5.91 Å². The highest BCUT2D eigenvalue weighted by atomic mass is 16.1. The number of nitrogens with one attached hydrogen (secondary N) is 1. The Morgan fingerprint density at radius 1 is 1.64 bits per heavy atom. The van der Waals surface area contributed by atoms with Crippen LogP contribution in [-0.4, -0.2) is 12.5 Å². The van der Waals surface area contributed by atoms with Crippen LogP contribution in [0.4, 0.5) is 0 Å². The first-order valence-electron chi connectivity index (χ1n) is 4.11. The molecule has 0 spiro atoms. The van der Waals surface area contributed by atoms with Gasteiger partial charge in [0.25, 0.3) is 0 Å². The Morgan fingerprint density at radius 2 is 2.27 bits per heavy atom. The lowest BCUT2D eigenvalue weighted by Gasteiger charge is -2.07. The van der Waals surface area contributed by atoms with Crippen molar-refractivity contribution in [3.63, 3.8) is 0 Å². The second-order valence-corrected chi connectivity index (χ2v) is 2.76. The second-order valence-electron chi connectivity index (χ2n) is 2.76. The molecule has 0 rings (SSSR count). The van der Waals surface area contributed by atoms with E-state index < -0.39 is 0 Å². The summed E-state index contributed by atoms with van der Waals surface area (Å²) in [7, 11) is 0. The summed E-state index contributed by atoms with van der Waals surface area (Å²) in [6, 6.07) is 0. The highest BCUT2D eigenvalue weighted by Crippen LogP contribution is 1.96. The number of allylic oxidation sites excluding steroid dienone is 1. The van der Waals surface area contributed by atoms with Crippen molar-refractivity contribution in [2.24, 2.45) is 5.92 Å². The first-order valence-corrected chi connectivity index (χ1v) is 4.11. The second kappa shape index (κ2) is 5.96. The van der Waals surface area contributed by atoms with Crippen LogP contribution < -0.4 is 5.32 Å². The summed E-state index contributed by atoms with van der Waals surface area (Å²) in [6.07, 6.45) is 4.39. The van der Waals surface area contributed by atoms with Crippen LogP contribution in [0.5, 0.6) is 0 Å². The predicted octanol–water partition coefficient (Wildman–Crippen LogP) is 1.72. The third-order valence-corrected chi connectivity index (χ3v) is 1.64. The van der Waals surface area contributed by atoms with Crippen molar-refractivity contribution in [3.8, 4) is 0 Å². The highest BCUT2D eigenvalue weighted by molar-refractivity contribution is 5.87. The Morgan fingerprint density at radius 3 is 2.73 bits per heavy atom. The molecule has 64 valence electrons. The van der Waals surface area contributed by atoms with Gasteiger partial charge in [0.05, 0.1) is 0 Å². The molecule has 0 aromatic rings. The topological polar surface area (TPSA) is 29.1 Å². The minimum absolute atomic E-state index is 0.00722. The van der Waals surface area contributed by atoms with Crippen LogP contribution >= 0.6 is 0 Å². The van der Waals surface area contributed by atoms with Crippen LogP contribution in [0, 0.1) is 5.92 Å². The molecule has 0 saturated heterocycles. The maximum atomic E-state index is 10.9. The van der Waals surface area contributed by atoms with Crippen molar-refractivity contribution in [1.82, 2.24) is 5.32 Å². The predicted molar refractivity (Wildman–Crippen MR) is 47.3 cm³/mol. The Bertz CT molecular complexity index is 140. The van der Waals surface area contributed by atoms with Gasteiger partial charge in [-0.05, 0) is 18.9 Å². The molecule has 0 aliphatic heterocycles. The zero-order valence-corrected chi connectivity index (χ0v) is 7.55. The molecule has 0 radical (unpaired) electrons. The molecule has 0 bridgehead atoms. The number of rotatable bonds is 4. The molecular weight excluding hydrogens is 138 g/mol. The smallest absolute Gasteiger partial charge is 0.243 e. The molecule has 2 nitrogen and oxygen atoms in total. The van der Waals surface area contributed by atoms with Gasteiger partial charge in [-0.2, -0.15) is 0 Å². The maximum Gasteiger partial charge on any atom is 0.243 e. The maximum absolute atomic E-state index is 10.9. The molecule has 0 aromatic carbocycles. The summed E-state index contributed by atoms with van der Waals surface area (Å²) < 4.78 is 0. The van der Waals surface area contributed by atoms with Crippen LogP contribution in [0.2, 0.25) is 0 Å². The Hall–Kier alpha value is -0.790. The Labute approximate surface area is 68.7 Å². The number of hydrogen-bond acceptors (Lipinski definition) is 1. The van der Waals surface area contributed by atoms with Gasteiger partial charge in [0.1, 0.15) is 0 Å². The van der Waals surface area contributed by atoms with E-state index in [0.29, 0.717) is 5.92 Å². The van der Waals surface area contributed by atoms with E-state index >= 15 is 0 Å². The van der Waals surface area contributed by atoms with E-state index in [9.17, 15) is 4.79 Å². The lowest BCUT2D eigenvalue weighted by molar-refractivity contribution is -0.116. The van der Waals surface area contributed by atoms with Crippen molar-refractivity contribution in [2.75, 3.05) is 6.54 Å². The summed E-state index contributed by atoms with van der Waals surface area (Å²) in [5.74, 6) is 0.581. The van der Waals surface area contributed by atoms with Gasteiger partial charge in [-0.1, -0.05) is 26.3 Å². The molecule has 2 heteroatoms. The lowest BCUT2D eigenvalue weighted by atomic mass is 10.1. The van der Waals surface area contributed by atoms with E-state index in [-0.39, 0.29) is 5.91 Å². The van der Waals surface area contributed by atoms with Crippen molar-refractivity contribution >= 4 is 5.91 Å². The Balaban J connectivity index is 3.45. The first-order chi connectivity index (χ1) is 5.20. The van der Waals surface area contributed by atoms with Gasteiger partial charge in [0, 0.05) is 6.54 Å². The highest BCUT2D eigenvalue weighted by Gasteiger charge is 1.99. The van der Waals surface area contributed by atoms with Crippen molar-refractivity contribution < 1.29 is 4.79 Å². The molecule has 1 unspecified atom stereocenters. The third-order valence-electron chi connectivity index (χ3n) is 1.64. The molecule has 0 aliphatic rings. The minimum Gasteiger partial charge on any atom is -0.352 e. The van der Waals surface area contributed by atoms with E-state index in [1.165, 1.54) is 0 Å². The number of carbonyl (C=O) groups excluding carboxylic acids is 1. The third kappa shape index (κ3) is 5.64. The van der Waals surface area contributed by atoms with Gasteiger partial charge in [-0.3, -0.25) is 4.79 Å². The lowest BCUT2D eigenvalue weighted by Crippen LogP contribution is -2.26. The van der Waals surface area contributed by atoms with E-state index in [1.54, 1.807) is 12.2 Å². The SMILES string of the molecule is CC=CC(=O)NCC(C)CC. The summed E-state index contributed by atoms with van der Waals surface area (Å²) in [5, 5.41) is 2.81. The number of hydrogen-bond donors (Lipinski definition) is 1. The van der Waals surface area contributed by atoms with Gasteiger partial charge in [-0.25, -0.2) is 0 Å². The summed E-state index contributed by atoms with van der Waals surface area (Å²) in [5.41, 5.74) is 0. The first kappa shape index (κ1) is 10.2. The fourth-order valence-electron chi connectivity index (χ4n) is 0.629. The van der Waals surface area contributed by atoms with Crippen molar-refractivity contribution in [2.45, 2.75) is 27.2 Å².